The van der Waals surface area contributed by atoms with Gasteiger partial charge in [-0.25, -0.2) is 0 Å². The molecule has 1 amide bonds. The highest BCUT2D eigenvalue weighted by Crippen LogP contribution is 2.27. The maximum atomic E-state index is 11.8. The minimum absolute atomic E-state index is 0.111. The Morgan fingerprint density at radius 3 is 2.82 bits per heavy atom. The predicted molar refractivity (Wildman–Crippen MR) is 69.3 cm³/mol. The van der Waals surface area contributed by atoms with Crippen LogP contribution in [0.1, 0.15) is 0 Å². The number of amides is 1. The molecule has 92 valence electrons. The lowest BCUT2D eigenvalue weighted by molar-refractivity contribution is -0.135. The van der Waals surface area contributed by atoms with Gasteiger partial charge in [-0.15, -0.1) is 11.8 Å². The Morgan fingerprint density at radius 2 is 2.18 bits per heavy atom. The van der Waals surface area contributed by atoms with Gasteiger partial charge in [-0.1, -0.05) is 23.7 Å². The minimum Gasteiger partial charge on any atom is -0.396 e. The van der Waals surface area contributed by atoms with Crippen LogP contribution in [0.2, 0.25) is 5.02 Å². The molecule has 1 fully saturated rings. The van der Waals surface area contributed by atoms with E-state index in [1.807, 2.05) is 24.3 Å². The van der Waals surface area contributed by atoms with Gasteiger partial charge in [-0.3, -0.25) is 4.79 Å². The molecule has 3 nitrogen and oxygen atoms in total. The third kappa shape index (κ3) is 3.15. The summed E-state index contributed by atoms with van der Waals surface area (Å²) in [7, 11) is 0. The number of nitrogens with zero attached hydrogens (tertiary/aromatic N) is 1. The van der Waals surface area contributed by atoms with Crippen molar-refractivity contribution >= 4 is 29.3 Å². The van der Waals surface area contributed by atoms with Gasteiger partial charge in [-0.2, -0.15) is 0 Å². The van der Waals surface area contributed by atoms with Crippen LogP contribution in [0.5, 0.6) is 0 Å². The second kappa shape index (κ2) is 5.76. The number of carbonyl (C=O) groups is 1. The first kappa shape index (κ1) is 12.7. The van der Waals surface area contributed by atoms with Crippen molar-refractivity contribution in [2.24, 2.45) is 5.92 Å². The molecule has 0 spiro atoms. The molecule has 1 saturated heterocycles. The molecule has 1 aromatic rings. The van der Waals surface area contributed by atoms with E-state index in [-0.39, 0.29) is 18.4 Å². The Balaban J connectivity index is 1.79. The maximum absolute atomic E-state index is 11.8. The summed E-state index contributed by atoms with van der Waals surface area (Å²) in [6.07, 6.45) is 0. The minimum atomic E-state index is 0.111. The zero-order valence-electron chi connectivity index (χ0n) is 9.30. The number of aliphatic hydroxyl groups is 1. The van der Waals surface area contributed by atoms with Crippen molar-refractivity contribution in [2.75, 3.05) is 25.4 Å². The van der Waals surface area contributed by atoms with Crippen LogP contribution in [0.4, 0.5) is 0 Å². The number of likely N-dealkylation sites (tertiary alicyclic amines) is 1. The van der Waals surface area contributed by atoms with E-state index in [1.165, 1.54) is 11.8 Å². The lowest BCUT2D eigenvalue weighted by atomic mass is 10.0. The topological polar surface area (TPSA) is 40.5 Å². The second-order valence-electron chi connectivity index (χ2n) is 4.07. The average molecular weight is 272 g/mol. The van der Waals surface area contributed by atoms with Crippen LogP contribution < -0.4 is 0 Å². The number of carbonyl (C=O) groups excluding carboxylic acids is 1. The molecule has 17 heavy (non-hydrogen) atoms. The van der Waals surface area contributed by atoms with Crippen molar-refractivity contribution in [2.45, 2.75) is 4.90 Å². The molecule has 1 aliphatic heterocycles. The number of hydrogen-bond donors (Lipinski definition) is 1. The van der Waals surface area contributed by atoms with Crippen LogP contribution in [0.25, 0.3) is 0 Å². The summed E-state index contributed by atoms with van der Waals surface area (Å²) in [5, 5.41) is 9.55. The Morgan fingerprint density at radius 1 is 1.47 bits per heavy atom. The van der Waals surface area contributed by atoms with Crippen molar-refractivity contribution in [1.82, 2.24) is 4.90 Å². The fourth-order valence-electron chi connectivity index (χ4n) is 1.68. The number of benzene rings is 1. The smallest absolute Gasteiger partial charge is 0.232 e. The summed E-state index contributed by atoms with van der Waals surface area (Å²) in [6.45, 7) is 1.53. The first-order chi connectivity index (χ1) is 8.20. The standard InChI is InChI=1S/C12H14ClNO2S/c13-10-3-1-2-4-11(10)17-8-12(16)14-5-9(6-14)7-15/h1-4,9,15H,5-8H2. The fraction of sp³-hybridized carbons (Fsp3) is 0.417. The summed E-state index contributed by atoms with van der Waals surface area (Å²) in [4.78, 5) is 14.5. The van der Waals surface area contributed by atoms with Crippen LogP contribution in [-0.4, -0.2) is 41.4 Å². The van der Waals surface area contributed by atoms with Crippen LogP contribution in [0.3, 0.4) is 0 Å². The number of rotatable bonds is 4. The molecule has 1 aliphatic rings. The Bertz CT molecular complexity index is 407. The van der Waals surface area contributed by atoms with Gasteiger partial charge in [0.1, 0.15) is 0 Å². The van der Waals surface area contributed by atoms with Gasteiger partial charge in [-0.05, 0) is 12.1 Å². The molecule has 0 atom stereocenters. The molecule has 1 heterocycles. The van der Waals surface area contributed by atoms with Crippen LogP contribution >= 0.6 is 23.4 Å². The molecule has 1 N–H and O–H groups in total. The lowest BCUT2D eigenvalue weighted by Gasteiger charge is -2.38. The van der Waals surface area contributed by atoms with E-state index >= 15 is 0 Å². The van der Waals surface area contributed by atoms with Crippen LogP contribution in [0, 0.1) is 5.92 Å². The summed E-state index contributed by atoms with van der Waals surface area (Å²) < 4.78 is 0. The Hall–Kier alpha value is -0.710. The normalized spacial score (nSPS) is 15.8. The van der Waals surface area contributed by atoms with E-state index in [0.29, 0.717) is 23.9 Å². The summed E-state index contributed by atoms with van der Waals surface area (Å²) >= 11 is 7.46. The zero-order valence-corrected chi connectivity index (χ0v) is 10.9. The molecule has 0 unspecified atom stereocenters. The molecular weight excluding hydrogens is 258 g/mol. The van der Waals surface area contributed by atoms with E-state index in [0.717, 1.165) is 4.90 Å². The number of thioether (sulfide) groups is 1. The van der Waals surface area contributed by atoms with Gasteiger partial charge in [0, 0.05) is 30.5 Å². The molecule has 0 saturated carbocycles. The monoisotopic (exact) mass is 271 g/mol. The SMILES string of the molecule is O=C(CSc1ccccc1Cl)N1CC(CO)C1. The van der Waals surface area contributed by atoms with Gasteiger partial charge in [0.25, 0.3) is 0 Å². The second-order valence-corrected chi connectivity index (χ2v) is 5.49. The third-order valence-corrected chi connectivity index (χ3v) is 4.26. The van der Waals surface area contributed by atoms with Crippen molar-refractivity contribution < 1.29 is 9.90 Å². The largest absolute Gasteiger partial charge is 0.396 e. The van der Waals surface area contributed by atoms with Gasteiger partial charge in [0.05, 0.1) is 10.8 Å². The van der Waals surface area contributed by atoms with E-state index in [9.17, 15) is 4.79 Å². The Labute approximate surface area is 110 Å². The van der Waals surface area contributed by atoms with Crippen molar-refractivity contribution in [3.63, 3.8) is 0 Å². The van der Waals surface area contributed by atoms with Crippen LogP contribution in [0.15, 0.2) is 29.2 Å². The van der Waals surface area contributed by atoms with E-state index in [2.05, 4.69) is 0 Å². The molecule has 0 aliphatic carbocycles. The molecule has 0 aromatic heterocycles. The lowest BCUT2D eigenvalue weighted by Crippen LogP contribution is -2.51. The molecule has 0 bridgehead atoms. The van der Waals surface area contributed by atoms with E-state index < -0.39 is 0 Å². The van der Waals surface area contributed by atoms with Crippen molar-refractivity contribution in [3.05, 3.63) is 29.3 Å². The number of hydrogen-bond acceptors (Lipinski definition) is 3. The van der Waals surface area contributed by atoms with Gasteiger partial charge in [0.15, 0.2) is 0 Å². The zero-order chi connectivity index (χ0) is 12.3. The molecule has 2 rings (SSSR count). The fourth-order valence-corrected chi connectivity index (χ4v) is 2.82. The number of aliphatic hydroxyl groups excluding tert-OH is 1. The molecule has 5 heteroatoms. The third-order valence-electron chi connectivity index (χ3n) is 2.76. The molecular formula is C12H14ClNO2S. The highest BCUT2D eigenvalue weighted by Gasteiger charge is 2.29. The average Bonchev–Trinajstić information content (AvgIpc) is 2.26. The van der Waals surface area contributed by atoms with E-state index in [1.54, 1.807) is 4.90 Å². The molecule has 1 aromatic carbocycles. The maximum Gasteiger partial charge on any atom is 0.232 e. The first-order valence-corrected chi connectivity index (χ1v) is 6.83. The molecule has 0 radical (unpaired) electrons. The highest BCUT2D eigenvalue weighted by molar-refractivity contribution is 8.00. The summed E-state index contributed by atoms with van der Waals surface area (Å²) in [5.41, 5.74) is 0. The quantitative estimate of drug-likeness (QED) is 0.850. The van der Waals surface area contributed by atoms with Crippen LogP contribution in [-0.2, 0) is 4.79 Å². The van der Waals surface area contributed by atoms with Gasteiger partial charge < -0.3 is 10.0 Å². The number of halogens is 1. The van der Waals surface area contributed by atoms with Gasteiger partial charge >= 0.3 is 0 Å². The van der Waals surface area contributed by atoms with E-state index in [4.69, 9.17) is 16.7 Å². The summed E-state index contributed by atoms with van der Waals surface area (Å²) in [5.74, 6) is 0.783. The van der Waals surface area contributed by atoms with Crippen molar-refractivity contribution in [3.8, 4) is 0 Å². The predicted octanol–water partition coefficient (Wildman–Crippen LogP) is 1.88. The first-order valence-electron chi connectivity index (χ1n) is 5.46. The van der Waals surface area contributed by atoms with Crippen molar-refractivity contribution in [1.29, 1.82) is 0 Å². The summed E-state index contributed by atoms with van der Waals surface area (Å²) in [6, 6.07) is 7.51. The highest BCUT2D eigenvalue weighted by atomic mass is 35.5. The Kier molecular flexibility index (Phi) is 4.31. The van der Waals surface area contributed by atoms with Gasteiger partial charge in [0.2, 0.25) is 5.91 Å².